The van der Waals surface area contributed by atoms with E-state index in [1.807, 2.05) is 34.6 Å². The molecule has 0 heterocycles. The molecule has 0 aliphatic carbocycles. The Morgan fingerprint density at radius 3 is 1.71 bits per heavy atom. The summed E-state index contributed by atoms with van der Waals surface area (Å²) in [6.07, 6.45) is 0. The van der Waals surface area contributed by atoms with Gasteiger partial charge in [-0.25, -0.2) is 0 Å². The van der Waals surface area contributed by atoms with Crippen LogP contribution in [0.1, 0.15) is 48.5 Å². The van der Waals surface area contributed by atoms with Crippen molar-refractivity contribution in [3.63, 3.8) is 0 Å². The molecule has 0 saturated heterocycles. The molecule has 4 heteroatoms. The average Bonchev–Trinajstić information content (AvgIpc) is 2.16. The van der Waals surface area contributed by atoms with Crippen molar-refractivity contribution < 1.29 is 9.59 Å². The summed E-state index contributed by atoms with van der Waals surface area (Å²) >= 11 is 0. The van der Waals surface area contributed by atoms with E-state index >= 15 is 0 Å². The molecule has 0 rings (SSSR count). The van der Waals surface area contributed by atoms with Gasteiger partial charge in [-0.2, -0.15) is 0 Å². The maximum Gasteiger partial charge on any atom is 0.237 e. The van der Waals surface area contributed by atoms with Crippen molar-refractivity contribution in [2.45, 2.75) is 54.0 Å². The minimum Gasteiger partial charge on any atom is -0.351 e. The van der Waals surface area contributed by atoms with Crippen LogP contribution < -0.4 is 5.32 Å². The van der Waals surface area contributed by atoms with E-state index in [9.17, 15) is 9.59 Å². The Hall–Kier alpha value is -1.06. The van der Waals surface area contributed by atoms with Crippen molar-refractivity contribution in [3.8, 4) is 0 Å². The standard InChI is InChI=1S/C13H26N2O2/c1-8-15(9-2)11(17)13(6,7)10(16)14-12(3,4)5/h8-9H2,1-7H3,(H,14,16). The minimum atomic E-state index is -1.01. The largest absolute Gasteiger partial charge is 0.351 e. The molecule has 0 aromatic heterocycles. The van der Waals surface area contributed by atoms with Gasteiger partial charge in [0.25, 0.3) is 0 Å². The molecule has 0 spiro atoms. The molecule has 4 nitrogen and oxygen atoms in total. The lowest BCUT2D eigenvalue weighted by atomic mass is 9.89. The summed E-state index contributed by atoms with van der Waals surface area (Å²) in [4.78, 5) is 26.0. The lowest BCUT2D eigenvalue weighted by Gasteiger charge is -2.32. The zero-order valence-electron chi connectivity index (χ0n) is 12.2. The Labute approximate surface area is 105 Å². The molecule has 2 amide bonds. The number of nitrogens with one attached hydrogen (secondary N) is 1. The number of amides is 2. The number of carbonyl (C=O) groups excluding carboxylic acids is 2. The molecule has 0 unspecified atom stereocenters. The molecule has 0 fully saturated rings. The van der Waals surface area contributed by atoms with Crippen LogP contribution in [0.5, 0.6) is 0 Å². The van der Waals surface area contributed by atoms with Crippen LogP contribution in [-0.4, -0.2) is 35.3 Å². The summed E-state index contributed by atoms with van der Waals surface area (Å²) in [5.41, 5.74) is -1.34. The summed E-state index contributed by atoms with van der Waals surface area (Å²) in [5, 5.41) is 2.86. The number of rotatable bonds is 4. The second-order valence-electron chi connectivity index (χ2n) is 5.81. The van der Waals surface area contributed by atoms with E-state index in [2.05, 4.69) is 5.32 Å². The average molecular weight is 242 g/mol. The van der Waals surface area contributed by atoms with E-state index in [1.165, 1.54) is 0 Å². The third-order valence-electron chi connectivity index (χ3n) is 2.64. The first kappa shape index (κ1) is 15.9. The van der Waals surface area contributed by atoms with E-state index in [4.69, 9.17) is 0 Å². The first-order chi connectivity index (χ1) is 7.56. The molecule has 0 aromatic carbocycles. The van der Waals surface area contributed by atoms with Crippen molar-refractivity contribution in [1.29, 1.82) is 0 Å². The lowest BCUT2D eigenvalue weighted by Crippen LogP contribution is -2.53. The zero-order valence-corrected chi connectivity index (χ0v) is 12.2. The van der Waals surface area contributed by atoms with Crippen LogP contribution in [-0.2, 0) is 9.59 Å². The Bertz CT molecular complexity index is 286. The Morgan fingerprint density at radius 1 is 1.00 bits per heavy atom. The van der Waals surface area contributed by atoms with Gasteiger partial charge in [0.2, 0.25) is 11.8 Å². The molecular weight excluding hydrogens is 216 g/mol. The van der Waals surface area contributed by atoms with Gasteiger partial charge in [0.05, 0.1) is 0 Å². The molecule has 0 saturated carbocycles. The topological polar surface area (TPSA) is 49.4 Å². The summed E-state index contributed by atoms with van der Waals surface area (Å²) in [6, 6.07) is 0. The van der Waals surface area contributed by atoms with Crippen molar-refractivity contribution >= 4 is 11.8 Å². The monoisotopic (exact) mass is 242 g/mol. The minimum absolute atomic E-state index is 0.121. The number of hydrogen-bond donors (Lipinski definition) is 1. The van der Waals surface area contributed by atoms with Gasteiger partial charge in [-0.05, 0) is 48.5 Å². The van der Waals surface area contributed by atoms with Crippen LogP contribution >= 0.6 is 0 Å². The normalized spacial score (nSPS) is 12.2. The third-order valence-corrected chi connectivity index (χ3v) is 2.64. The van der Waals surface area contributed by atoms with Crippen LogP contribution in [0.4, 0.5) is 0 Å². The van der Waals surface area contributed by atoms with Crippen molar-refractivity contribution in [2.24, 2.45) is 5.41 Å². The van der Waals surface area contributed by atoms with Gasteiger partial charge in [-0.3, -0.25) is 9.59 Å². The molecule has 0 aromatic rings. The smallest absolute Gasteiger partial charge is 0.237 e. The van der Waals surface area contributed by atoms with Gasteiger partial charge in [0.15, 0.2) is 0 Å². The zero-order chi connectivity index (χ0) is 13.9. The van der Waals surface area contributed by atoms with Crippen LogP contribution in [0.15, 0.2) is 0 Å². The van der Waals surface area contributed by atoms with E-state index < -0.39 is 5.41 Å². The van der Waals surface area contributed by atoms with Crippen molar-refractivity contribution in [3.05, 3.63) is 0 Å². The van der Waals surface area contributed by atoms with Crippen LogP contribution in [0.25, 0.3) is 0 Å². The van der Waals surface area contributed by atoms with Crippen LogP contribution in [0.2, 0.25) is 0 Å². The van der Waals surface area contributed by atoms with Gasteiger partial charge >= 0.3 is 0 Å². The number of carbonyl (C=O) groups is 2. The summed E-state index contributed by atoms with van der Waals surface area (Å²) < 4.78 is 0. The first-order valence-corrected chi connectivity index (χ1v) is 6.18. The maximum absolute atomic E-state index is 12.2. The molecule has 0 aliphatic heterocycles. The molecule has 1 N–H and O–H groups in total. The molecule has 0 atom stereocenters. The van der Waals surface area contributed by atoms with Gasteiger partial charge in [-0.15, -0.1) is 0 Å². The highest BCUT2D eigenvalue weighted by molar-refractivity contribution is 6.04. The quantitative estimate of drug-likeness (QED) is 0.764. The van der Waals surface area contributed by atoms with Crippen molar-refractivity contribution in [2.75, 3.05) is 13.1 Å². The third kappa shape index (κ3) is 4.36. The summed E-state index contributed by atoms with van der Waals surface area (Å²) in [7, 11) is 0. The highest BCUT2D eigenvalue weighted by Gasteiger charge is 2.39. The van der Waals surface area contributed by atoms with Gasteiger partial charge in [0.1, 0.15) is 5.41 Å². The molecule has 100 valence electrons. The summed E-state index contributed by atoms with van der Waals surface area (Å²) in [5.74, 6) is -0.342. The second kappa shape index (κ2) is 5.52. The predicted molar refractivity (Wildman–Crippen MR) is 69.6 cm³/mol. The summed E-state index contributed by atoms with van der Waals surface area (Å²) in [6.45, 7) is 14.2. The fourth-order valence-corrected chi connectivity index (χ4v) is 1.50. The van der Waals surface area contributed by atoms with Crippen molar-refractivity contribution in [1.82, 2.24) is 10.2 Å². The first-order valence-electron chi connectivity index (χ1n) is 6.18. The highest BCUT2D eigenvalue weighted by Crippen LogP contribution is 2.20. The Kier molecular flexibility index (Phi) is 5.17. The fraction of sp³-hybridized carbons (Fsp3) is 0.846. The van der Waals surface area contributed by atoms with E-state index in [-0.39, 0.29) is 17.4 Å². The van der Waals surface area contributed by atoms with Gasteiger partial charge < -0.3 is 10.2 Å². The van der Waals surface area contributed by atoms with E-state index in [0.29, 0.717) is 13.1 Å². The molecule has 0 aliphatic rings. The predicted octanol–water partition coefficient (Wildman–Crippen LogP) is 1.80. The van der Waals surface area contributed by atoms with Gasteiger partial charge in [0, 0.05) is 18.6 Å². The van der Waals surface area contributed by atoms with E-state index in [1.54, 1.807) is 18.7 Å². The molecular formula is C13H26N2O2. The van der Waals surface area contributed by atoms with E-state index in [0.717, 1.165) is 0 Å². The lowest BCUT2D eigenvalue weighted by molar-refractivity contribution is -0.148. The Morgan fingerprint density at radius 2 is 1.41 bits per heavy atom. The SMILES string of the molecule is CCN(CC)C(=O)C(C)(C)C(=O)NC(C)(C)C. The Balaban J connectivity index is 4.88. The molecule has 0 radical (unpaired) electrons. The second-order valence-corrected chi connectivity index (χ2v) is 5.81. The molecule has 0 bridgehead atoms. The maximum atomic E-state index is 12.2. The van der Waals surface area contributed by atoms with Crippen LogP contribution in [0.3, 0.4) is 0 Å². The number of hydrogen-bond acceptors (Lipinski definition) is 2. The number of nitrogens with zero attached hydrogens (tertiary/aromatic N) is 1. The van der Waals surface area contributed by atoms with Gasteiger partial charge in [-0.1, -0.05) is 0 Å². The van der Waals surface area contributed by atoms with Crippen LogP contribution in [0, 0.1) is 5.41 Å². The highest BCUT2D eigenvalue weighted by atomic mass is 16.2. The fourth-order valence-electron chi connectivity index (χ4n) is 1.50. The molecule has 17 heavy (non-hydrogen) atoms.